The van der Waals surface area contributed by atoms with Gasteiger partial charge in [0.25, 0.3) is 0 Å². The van der Waals surface area contributed by atoms with Crippen LogP contribution in [0, 0.1) is 5.92 Å². The highest BCUT2D eigenvalue weighted by Gasteiger charge is 2.00. The molecule has 0 heterocycles. The minimum atomic E-state index is 0. The van der Waals surface area contributed by atoms with Crippen molar-refractivity contribution >= 4 is 33.3 Å². The van der Waals surface area contributed by atoms with Gasteiger partial charge in [0.1, 0.15) is 0 Å². The second-order valence-electron chi connectivity index (χ2n) is 2.82. The Labute approximate surface area is 84.0 Å². The van der Waals surface area contributed by atoms with E-state index in [0.29, 0.717) is 0 Å². The van der Waals surface area contributed by atoms with Crippen molar-refractivity contribution in [2.24, 2.45) is 5.92 Å². The molecular formula is C8H20AlBr. The third kappa shape index (κ3) is 7.12. The summed E-state index contributed by atoms with van der Waals surface area (Å²) in [5.74, 6) is 1.07. The van der Waals surface area contributed by atoms with Crippen molar-refractivity contribution in [3.63, 3.8) is 0 Å². The SMILES string of the molecule is Br.CCCCC(CC)[CH2][AlH2]. The van der Waals surface area contributed by atoms with Gasteiger partial charge in [0.2, 0.25) is 16.3 Å². The zero-order chi connectivity index (χ0) is 7.11. The quantitative estimate of drug-likeness (QED) is 0.628. The van der Waals surface area contributed by atoms with Crippen LogP contribution in [0.4, 0.5) is 0 Å². The van der Waals surface area contributed by atoms with Crippen molar-refractivity contribution in [2.45, 2.75) is 44.8 Å². The Morgan fingerprint density at radius 1 is 1.30 bits per heavy atom. The van der Waals surface area contributed by atoms with Crippen LogP contribution in [0.5, 0.6) is 0 Å². The standard InChI is InChI=1S/C8H17.Al.BrH.2H/c1-4-6-7-8(3)5-2;;;;/h8H,3-7H2,1-2H3;;1H;;. The molecule has 62 valence electrons. The highest BCUT2D eigenvalue weighted by Crippen LogP contribution is 2.14. The van der Waals surface area contributed by atoms with Crippen LogP contribution in [-0.4, -0.2) is 16.3 Å². The number of unbranched alkanes of at least 4 members (excludes halogenated alkanes) is 1. The highest BCUT2D eigenvalue weighted by atomic mass is 79.9. The number of hydrogen-bond donors (Lipinski definition) is 0. The summed E-state index contributed by atoms with van der Waals surface area (Å²) in [5, 5.41) is 1.51. The van der Waals surface area contributed by atoms with E-state index < -0.39 is 0 Å². The van der Waals surface area contributed by atoms with Gasteiger partial charge in [0.15, 0.2) is 0 Å². The summed E-state index contributed by atoms with van der Waals surface area (Å²) in [7, 11) is 0. The fourth-order valence-electron chi connectivity index (χ4n) is 1.19. The second-order valence-corrected chi connectivity index (χ2v) is 3.64. The van der Waals surface area contributed by atoms with Gasteiger partial charge in [-0.15, -0.1) is 17.0 Å². The molecule has 0 nitrogen and oxygen atoms in total. The lowest BCUT2D eigenvalue weighted by molar-refractivity contribution is 0.492. The average Bonchev–Trinajstić information content (AvgIpc) is 1.91. The molecule has 0 fully saturated rings. The monoisotopic (exact) mass is 222 g/mol. The van der Waals surface area contributed by atoms with Gasteiger partial charge in [0.05, 0.1) is 0 Å². The maximum absolute atomic E-state index is 2.32. The summed E-state index contributed by atoms with van der Waals surface area (Å²) in [5.41, 5.74) is 0. The van der Waals surface area contributed by atoms with Crippen molar-refractivity contribution in [2.75, 3.05) is 0 Å². The molecule has 1 atom stereocenters. The molecule has 0 bridgehead atoms. The largest absolute Gasteiger partial charge is 0.212 e. The lowest BCUT2D eigenvalue weighted by atomic mass is 10.0. The van der Waals surface area contributed by atoms with Crippen molar-refractivity contribution in [3.8, 4) is 0 Å². The summed E-state index contributed by atoms with van der Waals surface area (Å²) < 4.78 is 0. The first-order chi connectivity index (χ1) is 4.35. The van der Waals surface area contributed by atoms with Crippen LogP contribution in [0.3, 0.4) is 0 Å². The van der Waals surface area contributed by atoms with Crippen molar-refractivity contribution in [1.29, 1.82) is 0 Å². The summed E-state index contributed by atoms with van der Waals surface area (Å²) in [4.78, 5) is 0. The Morgan fingerprint density at radius 3 is 2.20 bits per heavy atom. The Balaban J connectivity index is 0. The van der Waals surface area contributed by atoms with Gasteiger partial charge in [-0.1, -0.05) is 50.7 Å². The van der Waals surface area contributed by atoms with Crippen molar-refractivity contribution in [1.82, 2.24) is 0 Å². The van der Waals surface area contributed by atoms with Gasteiger partial charge in [0, 0.05) is 0 Å². The molecule has 0 rings (SSSR count). The van der Waals surface area contributed by atoms with E-state index in [4.69, 9.17) is 0 Å². The molecule has 0 amide bonds. The molecule has 0 aromatic heterocycles. The van der Waals surface area contributed by atoms with Crippen LogP contribution in [0.1, 0.15) is 39.5 Å². The van der Waals surface area contributed by atoms with Crippen molar-refractivity contribution < 1.29 is 0 Å². The summed E-state index contributed by atoms with van der Waals surface area (Å²) in [6.07, 6.45) is 5.71. The third-order valence-corrected chi connectivity index (χ3v) is 3.28. The van der Waals surface area contributed by atoms with Gasteiger partial charge in [-0.05, 0) is 0 Å². The molecule has 0 aliphatic rings. The molecule has 0 aliphatic carbocycles. The van der Waals surface area contributed by atoms with E-state index in [0.717, 1.165) is 5.92 Å². The average molecular weight is 223 g/mol. The van der Waals surface area contributed by atoms with E-state index in [1.807, 2.05) is 0 Å². The van der Waals surface area contributed by atoms with Crippen LogP contribution >= 0.6 is 17.0 Å². The first-order valence-electron chi connectivity index (χ1n) is 4.35. The van der Waals surface area contributed by atoms with Crippen LogP contribution in [-0.2, 0) is 0 Å². The van der Waals surface area contributed by atoms with Crippen LogP contribution < -0.4 is 0 Å². The zero-order valence-electron chi connectivity index (χ0n) is 7.52. The van der Waals surface area contributed by atoms with E-state index in [1.54, 1.807) is 0 Å². The summed E-state index contributed by atoms with van der Waals surface area (Å²) >= 11 is 1.40. The second kappa shape index (κ2) is 10.0. The molecule has 0 spiro atoms. The Kier molecular flexibility index (Phi) is 13.6. The molecule has 2 heteroatoms. The first kappa shape index (κ1) is 13.6. The first-order valence-corrected chi connectivity index (χ1v) is 5.76. The Hall–Kier alpha value is 1.01. The van der Waals surface area contributed by atoms with Gasteiger partial charge < -0.3 is 0 Å². The van der Waals surface area contributed by atoms with Gasteiger partial charge in [-0.25, -0.2) is 0 Å². The van der Waals surface area contributed by atoms with E-state index in [-0.39, 0.29) is 17.0 Å². The van der Waals surface area contributed by atoms with Crippen molar-refractivity contribution in [3.05, 3.63) is 0 Å². The number of halogens is 1. The van der Waals surface area contributed by atoms with Crippen LogP contribution in [0.2, 0.25) is 5.28 Å². The normalized spacial score (nSPS) is 12.2. The van der Waals surface area contributed by atoms with Gasteiger partial charge in [-0.3, -0.25) is 0 Å². The van der Waals surface area contributed by atoms with Gasteiger partial charge >= 0.3 is 0 Å². The molecular weight excluding hydrogens is 203 g/mol. The zero-order valence-corrected chi connectivity index (χ0v) is 11.2. The molecule has 0 N–H and O–H groups in total. The summed E-state index contributed by atoms with van der Waals surface area (Å²) in [6, 6.07) is 0. The van der Waals surface area contributed by atoms with E-state index in [1.165, 1.54) is 47.3 Å². The predicted molar refractivity (Wildman–Crippen MR) is 57.0 cm³/mol. The lowest BCUT2D eigenvalue weighted by Gasteiger charge is -2.09. The van der Waals surface area contributed by atoms with Gasteiger partial charge in [-0.2, -0.15) is 0 Å². The Bertz CT molecular complexity index is 53.2. The smallest absolute Gasteiger partial charge is 0.114 e. The third-order valence-electron chi connectivity index (χ3n) is 2.12. The summed E-state index contributed by atoms with van der Waals surface area (Å²) in [6.45, 7) is 4.60. The molecule has 0 radical (unpaired) electrons. The fourth-order valence-corrected chi connectivity index (χ4v) is 2.18. The molecule has 0 aliphatic heterocycles. The van der Waals surface area contributed by atoms with E-state index in [2.05, 4.69) is 13.8 Å². The van der Waals surface area contributed by atoms with E-state index in [9.17, 15) is 0 Å². The minimum Gasteiger partial charge on any atom is -0.114 e. The predicted octanol–water partition coefficient (Wildman–Crippen LogP) is 2.83. The maximum atomic E-state index is 2.32. The number of hydrogen-bond acceptors (Lipinski definition) is 0. The molecule has 0 saturated heterocycles. The number of rotatable bonds is 5. The molecule has 1 unspecified atom stereocenters. The van der Waals surface area contributed by atoms with Crippen LogP contribution in [0.15, 0.2) is 0 Å². The van der Waals surface area contributed by atoms with E-state index >= 15 is 0 Å². The molecule has 10 heavy (non-hydrogen) atoms. The fraction of sp³-hybridized carbons (Fsp3) is 1.00. The highest BCUT2D eigenvalue weighted by molar-refractivity contribution is 8.93. The lowest BCUT2D eigenvalue weighted by Crippen LogP contribution is -1.96. The minimum absolute atomic E-state index is 0. The Morgan fingerprint density at radius 2 is 1.90 bits per heavy atom. The molecule has 0 aromatic rings. The topological polar surface area (TPSA) is 0 Å². The molecule has 0 saturated carbocycles. The van der Waals surface area contributed by atoms with Crippen LogP contribution in [0.25, 0.3) is 0 Å². The molecule has 0 aromatic carbocycles. The maximum Gasteiger partial charge on any atom is 0.212 e.